The average Bonchev–Trinajstić information content (AvgIpc) is 2.34. The monoisotopic (exact) mass is 324 g/mol. The highest BCUT2D eigenvalue weighted by Crippen LogP contribution is 2.27. The van der Waals surface area contributed by atoms with E-state index in [4.69, 9.17) is 16.3 Å². The Kier molecular flexibility index (Phi) is 4.39. The molecule has 0 spiro atoms. The van der Waals surface area contributed by atoms with Gasteiger partial charge < -0.3 is 4.74 Å². The van der Waals surface area contributed by atoms with Gasteiger partial charge in [-0.3, -0.25) is 4.79 Å². The van der Waals surface area contributed by atoms with Crippen molar-refractivity contribution in [2.24, 2.45) is 0 Å². The van der Waals surface area contributed by atoms with Gasteiger partial charge in [0, 0.05) is 4.47 Å². The summed E-state index contributed by atoms with van der Waals surface area (Å²) < 4.78 is 6.06. The largest absolute Gasteiger partial charge is 0.425 e. The highest BCUT2D eigenvalue weighted by Gasteiger charge is 2.09. The van der Waals surface area contributed by atoms with Crippen molar-refractivity contribution in [3.05, 3.63) is 63.6 Å². The quantitative estimate of drug-likeness (QED) is 0.623. The number of hydrogen-bond donors (Lipinski definition) is 0. The minimum absolute atomic E-state index is 0.229. The molecule has 0 aliphatic carbocycles. The van der Waals surface area contributed by atoms with E-state index in [1.165, 1.54) is 0 Å². The van der Waals surface area contributed by atoms with Crippen molar-refractivity contribution in [1.29, 1.82) is 0 Å². The Bertz CT molecular complexity index is 555. The zero-order valence-electron chi connectivity index (χ0n) is 9.40. The first-order valence-corrected chi connectivity index (χ1v) is 6.52. The van der Waals surface area contributed by atoms with Gasteiger partial charge in [-0.15, -0.1) is 0 Å². The van der Waals surface area contributed by atoms with Crippen molar-refractivity contribution in [2.45, 2.75) is 6.42 Å². The second kappa shape index (κ2) is 6.03. The van der Waals surface area contributed by atoms with Crippen molar-refractivity contribution < 1.29 is 9.53 Å². The number of carbonyl (C=O) groups excluding carboxylic acids is 1. The predicted octanol–water partition coefficient (Wildman–Crippen LogP) is 4.25. The van der Waals surface area contributed by atoms with E-state index in [1.807, 2.05) is 30.3 Å². The Balaban J connectivity index is 2.03. The van der Waals surface area contributed by atoms with E-state index in [0.29, 0.717) is 10.8 Å². The van der Waals surface area contributed by atoms with E-state index in [2.05, 4.69) is 15.9 Å². The van der Waals surface area contributed by atoms with Crippen LogP contribution >= 0.6 is 27.5 Å². The lowest BCUT2D eigenvalue weighted by atomic mass is 10.2. The number of rotatable bonds is 3. The van der Waals surface area contributed by atoms with E-state index in [-0.39, 0.29) is 12.4 Å². The first kappa shape index (κ1) is 13.1. The Morgan fingerprint density at radius 1 is 1.17 bits per heavy atom. The maximum absolute atomic E-state index is 11.7. The summed E-state index contributed by atoms with van der Waals surface area (Å²) >= 11 is 9.26. The van der Waals surface area contributed by atoms with Gasteiger partial charge in [-0.05, 0) is 23.8 Å². The van der Waals surface area contributed by atoms with Crippen LogP contribution in [0.15, 0.2) is 53.0 Å². The van der Waals surface area contributed by atoms with E-state index in [0.717, 1.165) is 10.0 Å². The molecule has 0 fully saturated rings. The van der Waals surface area contributed by atoms with Crippen LogP contribution in [0.5, 0.6) is 5.75 Å². The second-order valence-corrected chi connectivity index (χ2v) is 5.03. The Morgan fingerprint density at radius 2 is 1.89 bits per heavy atom. The standard InChI is InChI=1S/C14H10BrClO2/c15-11-6-7-13(12(16)9-11)18-14(17)8-10-4-2-1-3-5-10/h1-7,9H,8H2. The molecule has 0 radical (unpaired) electrons. The van der Waals surface area contributed by atoms with Gasteiger partial charge in [-0.2, -0.15) is 0 Å². The summed E-state index contributed by atoms with van der Waals surface area (Å²) in [4.78, 5) is 11.7. The third-order valence-electron chi connectivity index (χ3n) is 2.31. The lowest BCUT2D eigenvalue weighted by molar-refractivity contribution is -0.133. The molecule has 2 aromatic rings. The average molecular weight is 326 g/mol. The Morgan fingerprint density at radius 3 is 2.56 bits per heavy atom. The van der Waals surface area contributed by atoms with Gasteiger partial charge >= 0.3 is 5.97 Å². The molecule has 0 aliphatic heterocycles. The smallest absolute Gasteiger partial charge is 0.315 e. The van der Waals surface area contributed by atoms with Gasteiger partial charge in [0.1, 0.15) is 5.75 Å². The van der Waals surface area contributed by atoms with Gasteiger partial charge in [-0.25, -0.2) is 0 Å². The molecule has 0 aromatic heterocycles. The fourth-order valence-corrected chi connectivity index (χ4v) is 2.19. The van der Waals surface area contributed by atoms with Crippen LogP contribution in [0.25, 0.3) is 0 Å². The number of carbonyl (C=O) groups is 1. The molecule has 0 amide bonds. The topological polar surface area (TPSA) is 26.3 Å². The SMILES string of the molecule is O=C(Cc1ccccc1)Oc1ccc(Br)cc1Cl. The van der Waals surface area contributed by atoms with Crippen LogP contribution in [0.2, 0.25) is 5.02 Å². The summed E-state index contributed by atoms with van der Waals surface area (Å²) in [6, 6.07) is 14.6. The van der Waals surface area contributed by atoms with E-state index in [9.17, 15) is 4.79 Å². The van der Waals surface area contributed by atoms with Gasteiger partial charge in [-0.1, -0.05) is 57.9 Å². The Hall–Kier alpha value is -1.32. The molecule has 2 rings (SSSR count). The van der Waals surface area contributed by atoms with Gasteiger partial charge in [0.15, 0.2) is 0 Å². The number of hydrogen-bond acceptors (Lipinski definition) is 2. The molecule has 0 atom stereocenters. The molecule has 0 heterocycles. The molecule has 0 bridgehead atoms. The normalized spacial score (nSPS) is 10.1. The summed E-state index contributed by atoms with van der Waals surface area (Å²) in [5.74, 6) is 0.0474. The second-order valence-electron chi connectivity index (χ2n) is 3.71. The lowest BCUT2D eigenvalue weighted by Gasteiger charge is -2.06. The first-order valence-electron chi connectivity index (χ1n) is 5.35. The van der Waals surface area contributed by atoms with E-state index in [1.54, 1.807) is 18.2 Å². The lowest BCUT2D eigenvalue weighted by Crippen LogP contribution is -2.11. The molecule has 92 valence electrons. The van der Waals surface area contributed by atoms with Crippen molar-refractivity contribution in [1.82, 2.24) is 0 Å². The van der Waals surface area contributed by atoms with Gasteiger partial charge in [0.05, 0.1) is 11.4 Å². The fourth-order valence-electron chi connectivity index (χ4n) is 1.48. The van der Waals surface area contributed by atoms with Crippen LogP contribution < -0.4 is 4.74 Å². The Labute approximate surface area is 119 Å². The van der Waals surface area contributed by atoms with Crippen LogP contribution in [0.1, 0.15) is 5.56 Å². The molecule has 0 unspecified atom stereocenters. The first-order chi connectivity index (χ1) is 8.65. The molecular formula is C14H10BrClO2. The molecule has 2 aromatic carbocycles. The number of esters is 1. The zero-order chi connectivity index (χ0) is 13.0. The third kappa shape index (κ3) is 3.59. The fraction of sp³-hybridized carbons (Fsp3) is 0.0714. The van der Waals surface area contributed by atoms with Crippen molar-refractivity contribution in [3.8, 4) is 5.75 Å². The summed E-state index contributed by atoms with van der Waals surface area (Å²) in [5.41, 5.74) is 0.913. The number of halogens is 2. The molecule has 0 saturated carbocycles. The minimum Gasteiger partial charge on any atom is -0.425 e. The molecule has 0 aliphatic rings. The highest BCUT2D eigenvalue weighted by molar-refractivity contribution is 9.10. The summed E-state index contributed by atoms with van der Waals surface area (Å²) in [5, 5.41) is 0.408. The predicted molar refractivity (Wildman–Crippen MR) is 74.9 cm³/mol. The third-order valence-corrected chi connectivity index (χ3v) is 3.10. The number of benzene rings is 2. The number of ether oxygens (including phenoxy) is 1. The van der Waals surface area contributed by atoms with Crippen molar-refractivity contribution in [2.75, 3.05) is 0 Å². The zero-order valence-corrected chi connectivity index (χ0v) is 11.7. The van der Waals surface area contributed by atoms with Crippen LogP contribution in [0.3, 0.4) is 0 Å². The van der Waals surface area contributed by atoms with E-state index < -0.39 is 0 Å². The van der Waals surface area contributed by atoms with Crippen LogP contribution in [0.4, 0.5) is 0 Å². The summed E-state index contributed by atoms with van der Waals surface area (Å²) in [6.45, 7) is 0. The minimum atomic E-state index is -0.328. The van der Waals surface area contributed by atoms with Gasteiger partial charge in [0.2, 0.25) is 0 Å². The highest BCUT2D eigenvalue weighted by atomic mass is 79.9. The molecule has 18 heavy (non-hydrogen) atoms. The van der Waals surface area contributed by atoms with Crippen molar-refractivity contribution >= 4 is 33.5 Å². The van der Waals surface area contributed by atoms with E-state index >= 15 is 0 Å². The molecular weight excluding hydrogens is 316 g/mol. The van der Waals surface area contributed by atoms with Gasteiger partial charge in [0.25, 0.3) is 0 Å². The molecule has 4 heteroatoms. The van der Waals surface area contributed by atoms with Crippen molar-refractivity contribution in [3.63, 3.8) is 0 Å². The van der Waals surface area contributed by atoms with Crippen LogP contribution in [0, 0.1) is 0 Å². The molecule has 0 N–H and O–H groups in total. The summed E-state index contributed by atoms with van der Waals surface area (Å²) in [6.07, 6.45) is 0.229. The molecule has 0 saturated heterocycles. The summed E-state index contributed by atoms with van der Waals surface area (Å²) in [7, 11) is 0. The maximum atomic E-state index is 11.7. The molecule has 2 nitrogen and oxygen atoms in total. The van der Waals surface area contributed by atoms with Crippen LogP contribution in [-0.4, -0.2) is 5.97 Å². The maximum Gasteiger partial charge on any atom is 0.315 e. The van der Waals surface area contributed by atoms with Crippen LogP contribution in [-0.2, 0) is 11.2 Å².